The molecule has 0 amide bonds. The van der Waals surface area contributed by atoms with Crippen LogP contribution in [-0.2, 0) is 10.3 Å². The van der Waals surface area contributed by atoms with Gasteiger partial charge in [-0.15, -0.1) is 0 Å². The molecular weight excluding hydrogens is 401 g/mol. The third-order valence-electron chi connectivity index (χ3n) is 5.12. The summed E-state index contributed by atoms with van der Waals surface area (Å²) in [4.78, 5) is 3.38. The van der Waals surface area contributed by atoms with E-state index in [4.69, 9.17) is 9.94 Å². The number of nitrogens with zero attached hydrogens (tertiary/aromatic N) is 2. The number of methoxy groups -OCH3 is 1. The fraction of sp³-hybridized carbons (Fsp3) is 0.381. The van der Waals surface area contributed by atoms with Crippen molar-refractivity contribution < 1.29 is 23.1 Å². The summed E-state index contributed by atoms with van der Waals surface area (Å²) >= 11 is 1.56. The quantitative estimate of drug-likeness (QED) is 0.396. The number of halogens is 3. The van der Waals surface area contributed by atoms with E-state index in [2.05, 4.69) is 5.16 Å². The van der Waals surface area contributed by atoms with Crippen LogP contribution in [0.2, 0.25) is 0 Å². The molecule has 0 bridgehead atoms. The summed E-state index contributed by atoms with van der Waals surface area (Å²) in [6, 6.07) is 15.4. The standard InChI is InChI=1S/C21H23F3N2O2S/c1-15(25-27)16-6-8-18(9-7-16)29-19-5-3-4-17(12-19)20(28-2)10-11-26(13-20)14-21(22,23)24/h3-9,12,27H,10-11,13-14H2,1-2H3/b25-15+. The summed E-state index contributed by atoms with van der Waals surface area (Å²) in [5.41, 5.74) is 1.52. The van der Waals surface area contributed by atoms with Gasteiger partial charge in [-0.25, -0.2) is 0 Å². The highest BCUT2D eigenvalue weighted by Gasteiger charge is 2.43. The maximum Gasteiger partial charge on any atom is 0.401 e. The molecule has 2 aromatic carbocycles. The van der Waals surface area contributed by atoms with Gasteiger partial charge in [0.2, 0.25) is 0 Å². The van der Waals surface area contributed by atoms with Crippen molar-refractivity contribution in [2.75, 3.05) is 26.7 Å². The first kappa shape index (κ1) is 21.7. The zero-order valence-corrected chi connectivity index (χ0v) is 17.1. The number of alkyl halides is 3. The van der Waals surface area contributed by atoms with Gasteiger partial charge in [0.15, 0.2) is 0 Å². The van der Waals surface area contributed by atoms with Gasteiger partial charge in [0.1, 0.15) is 5.60 Å². The van der Waals surface area contributed by atoms with Gasteiger partial charge >= 0.3 is 6.18 Å². The molecule has 1 saturated heterocycles. The molecule has 1 atom stereocenters. The molecular formula is C21H23F3N2O2S. The normalized spacial score (nSPS) is 20.9. The fourth-order valence-corrected chi connectivity index (χ4v) is 4.44. The number of likely N-dealkylation sites (tertiary alicyclic amines) is 1. The van der Waals surface area contributed by atoms with Crippen molar-refractivity contribution in [1.29, 1.82) is 0 Å². The Labute approximate surface area is 172 Å². The van der Waals surface area contributed by atoms with E-state index in [0.717, 1.165) is 20.9 Å². The number of hydrogen-bond donors (Lipinski definition) is 1. The number of benzene rings is 2. The zero-order chi connectivity index (χ0) is 21.1. The summed E-state index contributed by atoms with van der Waals surface area (Å²) in [5.74, 6) is 0. The molecule has 0 aliphatic carbocycles. The van der Waals surface area contributed by atoms with Crippen molar-refractivity contribution in [3.05, 3.63) is 59.7 Å². The Hall–Kier alpha value is -2.03. The second-order valence-electron chi connectivity index (χ2n) is 7.11. The second kappa shape index (κ2) is 8.77. The van der Waals surface area contributed by atoms with E-state index in [1.807, 2.05) is 48.5 Å². The van der Waals surface area contributed by atoms with Crippen LogP contribution in [0, 0.1) is 0 Å². The van der Waals surface area contributed by atoms with E-state index in [9.17, 15) is 13.2 Å². The largest absolute Gasteiger partial charge is 0.411 e. The van der Waals surface area contributed by atoms with Crippen LogP contribution in [0.5, 0.6) is 0 Å². The minimum atomic E-state index is -4.22. The van der Waals surface area contributed by atoms with Crippen LogP contribution in [0.25, 0.3) is 0 Å². The third kappa shape index (κ3) is 5.32. The fourth-order valence-electron chi connectivity index (χ4n) is 3.57. The molecule has 0 radical (unpaired) electrons. The lowest BCUT2D eigenvalue weighted by Gasteiger charge is -2.29. The van der Waals surface area contributed by atoms with Crippen LogP contribution in [0.1, 0.15) is 24.5 Å². The highest BCUT2D eigenvalue weighted by atomic mass is 32.2. The molecule has 1 aliphatic heterocycles. The van der Waals surface area contributed by atoms with Gasteiger partial charge in [-0.3, -0.25) is 4.90 Å². The van der Waals surface area contributed by atoms with Crippen LogP contribution < -0.4 is 0 Å². The first-order chi connectivity index (χ1) is 13.7. The minimum absolute atomic E-state index is 0.214. The lowest BCUT2D eigenvalue weighted by Crippen LogP contribution is -2.37. The SMILES string of the molecule is COC1(c2cccc(Sc3ccc(/C(C)=N/O)cc3)c2)CCN(CC(F)(F)F)C1. The van der Waals surface area contributed by atoms with Crippen molar-refractivity contribution in [2.45, 2.75) is 34.9 Å². The van der Waals surface area contributed by atoms with E-state index in [-0.39, 0.29) is 6.54 Å². The molecule has 0 saturated carbocycles. The molecule has 29 heavy (non-hydrogen) atoms. The Morgan fingerprint density at radius 1 is 1.21 bits per heavy atom. The highest BCUT2D eigenvalue weighted by molar-refractivity contribution is 7.99. The van der Waals surface area contributed by atoms with Gasteiger partial charge < -0.3 is 9.94 Å². The van der Waals surface area contributed by atoms with Crippen molar-refractivity contribution in [2.24, 2.45) is 5.16 Å². The Balaban J connectivity index is 1.76. The number of oxime groups is 1. The van der Waals surface area contributed by atoms with Crippen molar-refractivity contribution >= 4 is 17.5 Å². The summed E-state index contributed by atoms with van der Waals surface area (Å²) in [7, 11) is 1.56. The van der Waals surface area contributed by atoms with Crippen molar-refractivity contribution in [3.63, 3.8) is 0 Å². The first-order valence-corrected chi connectivity index (χ1v) is 9.98. The maximum absolute atomic E-state index is 12.8. The summed E-state index contributed by atoms with van der Waals surface area (Å²) in [6.45, 7) is 1.36. The predicted molar refractivity (Wildman–Crippen MR) is 107 cm³/mol. The highest BCUT2D eigenvalue weighted by Crippen LogP contribution is 2.39. The minimum Gasteiger partial charge on any atom is -0.411 e. The molecule has 3 rings (SSSR count). The predicted octanol–water partition coefficient (Wildman–Crippen LogP) is 5.15. The van der Waals surface area contributed by atoms with Crippen LogP contribution in [0.3, 0.4) is 0 Å². The van der Waals surface area contributed by atoms with Gasteiger partial charge in [-0.05, 0) is 48.7 Å². The van der Waals surface area contributed by atoms with Crippen LogP contribution >= 0.6 is 11.8 Å². The van der Waals surface area contributed by atoms with Crippen LogP contribution in [0.15, 0.2) is 63.5 Å². The van der Waals surface area contributed by atoms with Gasteiger partial charge in [-0.1, -0.05) is 41.2 Å². The molecule has 0 aromatic heterocycles. The van der Waals surface area contributed by atoms with Crippen molar-refractivity contribution in [3.8, 4) is 0 Å². The Morgan fingerprint density at radius 3 is 2.55 bits per heavy atom. The Bertz CT molecular complexity index is 871. The average Bonchev–Trinajstić information content (AvgIpc) is 3.11. The molecule has 1 aliphatic rings. The molecule has 1 N–H and O–H groups in total. The molecule has 4 nitrogen and oxygen atoms in total. The average molecular weight is 424 g/mol. The van der Waals surface area contributed by atoms with E-state index in [1.165, 1.54) is 4.90 Å². The molecule has 1 fully saturated rings. The number of rotatable bonds is 6. The molecule has 156 valence electrons. The number of ether oxygens (including phenoxy) is 1. The van der Waals surface area contributed by atoms with Crippen LogP contribution in [0.4, 0.5) is 13.2 Å². The van der Waals surface area contributed by atoms with E-state index < -0.39 is 18.3 Å². The summed E-state index contributed by atoms with van der Waals surface area (Å²) in [6.07, 6.45) is -3.70. The van der Waals surface area contributed by atoms with Gasteiger partial charge in [0.05, 0.1) is 12.3 Å². The lowest BCUT2D eigenvalue weighted by molar-refractivity contribution is -0.146. The topological polar surface area (TPSA) is 45.1 Å². The number of hydrogen-bond acceptors (Lipinski definition) is 5. The maximum atomic E-state index is 12.8. The molecule has 0 spiro atoms. The Kier molecular flexibility index (Phi) is 6.55. The van der Waals surface area contributed by atoms with Crippen molar-refractivity contribution in [1.82, 2.24) is 4.90 Å². The van der Waals surface area contributed by atoms with E-state index >= 15 is 0 Å². The van der Waals surface area contributed by atoms with Gasteiger partial charge in [-0.2, -0.15) is 13.2 Å². The van der Waals surface area contributed by atoms with E-state index in [0.29, 0.717) is 18.7 Å². The first-order valence-electron chi connectivity index (χ1n) is 9.16. The van der Waals surface area contributed by atoms with Gasteiger partial charge in [0.25, 0.3) is 0 Å². The summed E-state index contributed by atoms with van der Waals surface area (Å²) in [5, 5.41) is 12.1. The smallest absolute Gasteiger partial charge is 0.401 e. The third-order valence-corrected chi connectivity index (χ3v) is 6.12. The summed E-state index contributed by atoms with van der Waals surface area (Å²) < 4.78 is 44.0. The molecule has 2 aromatic rings. The van der Waals surface area contributed by atoms with Crippen LogP contribution in [-0.4, -0.2) is 48.7 Å². The lowest BCUT2D eigenvalue weighted by atomic mass is 9.93. The van der Waals surface area contributed by atoms with E-state index in [1.54, 1.807) is 25.8 Å². The zero-order valence-electron chi connectivity index (χ0n) is 16.2. The van der Waals surface area contributed by atoms with Gasteiger partial charge in [0, 0.05) is 30.0 Å². The Morgan fingerprint density at radius 2 is 1.93 bits per heavy atom. The molecule has 1 heterocycles. The second-order valence-corrected chi connectivity index (χ2v) is 8.26. The molecule has 1 unspecified atom stereocenters. The monoisotopic (exact) mass is 424 g/mol. The molecule has 8 heteroatoms.